The molecule has 25 heavy (non-hydrogen) atoms. The molecule has 1 atom stereocenters. The minimum atomic E-state index is -0.555. The van der Waals surface area contributed by atoms with Crippen LogP contribution in [0.4, 0.5) is 11.4 Å². The number of benzene rings is 1. The van der Waals surface area contributed by atoms with Gasteiger partial charge in [-0.25, -0.2) is 0 Å². The largest absolute Gasteiger partial charge is 0.487 e. The van der Waals surface area contributed by atoms with Crippen LogP contribution in [0.15, 0.2) is 30.5 Å². The average molecular weight is 367 g/mol. The molecule has 1 aliphatic rings. The maximum absolute atomic E-state index is 12.4. The van der Waals surface area contributed by atoms with Crippen molar-refractivity contribution in [3.05, 3.63) is 51.8 Å². The third-order valence-corrected chi connectivity index (χ3v) is 3.92. The number of hydrogen-bond acceptors (Lipinski definition) is 5. The molecule has 0 radical (unpaired) electrons. The van der Waals surface area contributed by atoms with Gasteiger partial charge in [0.1, 0.15) is 17.0 Å². The minimum absolute atomic E-state index is 0. The van der Waals surface area contributed by atoms with Crippen molar-refractivity contribution in [1.29, 1.82) is 0 Å². The number of H-pyrrole nitrogens is 1. The van der Waals surface area contributed by atoms with E-state index in [1.54, 1.807) is 18.2 Å². The van der Waals surface area contributed by atoms with E-state index >= 15 is 0 Å². The van der Waals surface area contributed by atoms with Crippen LogP contribution in [-0.2, 0) is 0 Å². The highest BCUT2D eigenvalue weighted by Crippen LogP contribution is 2.40. The molecule has 0 fully saturated rings. The summed E-state index contributed by atoms with van der Waals surface area (Å²) in [6, 6.07) is 6.20. The maximum atomic E-state index is 12.4. The molecule has 9 heteroatoms. The Labute approximate surface area is 150 Å². The van der Waals surface area contributed by atoms with Gasteiger partial charge in [-0.2, -0.15) is 0 Å². The van der Waals surface area contributed by atoms with Crippen LogP contribution in [0.3, 0.4) is 0 Å². The van der Waals surface area contributed by atoms with Gasteiger partial charge in [0, 0.05) is 23.7 Å². The third-order valence-electron chi connectivity index (χ3n) is 3.92. The van der Waals surface area contributed by atoms with E-state index in [1.807, 2.05) is 13.8 Å². The van der Waals surface area contributed by atoms with Crippen LogP contribution in [0.2, 0.25) is 0 Å². The Morgan fingerprint density at radius 1 is 1.44 bits per heavy atom. The fourth-order valence-electron chi connectivity index (χ4n) is 2.86. The van der Waals surface area contributed by atoms with Crippen LogP contribution in [0.5, 0.6) is 5.75 Å². The Kier molecular flexibility index (Phi) is 4.94. The summed E-state index contributed by atoms with van der Waals surface area (Å²) < 4.78 is 5.92. The van der Waals surface area contributed by atoms with E-state index in [1.165, 1.54) is 12.3 Å². The zero-order chi connectivity index (χ0) is 17.5. The Bertz CT molecular complexity index is 818. The molecule has 1 aromatic carbocycles. The van der Waals surface area contributed by atoms with Gasteiger partial charge in [-0.05, 0) is 32.0 Å². The second-order valence-corrected chi connectivity index (χ2v) is 6.42. The average Bonchev–Trinajstić information content (AvgIpc) is 2.97. The molecule has 0 spiro atoms. The number of amides is 1. The minimum Gasteiger partial charge on any atom is -0.487 e. The van der Waals surface area contributed by atoms with Gasteiger partial charge in [0.15, 0.2) is 0 Å². The molecular formula is C16H19ClN4O4. The highest BCUT2D eigenvalue weighted by atomic mass is 35.5. The van der Waals surface area contributed by atoms with Crippen LogP contribution in [0.1, 0.15) is 42.4 Å². The fraction of sp³-hybridized carbons (Fsp3) is 0.312. The summed E-state index contributed by atoms with van der Waals surface area (Å²) in [6.07, 6.45) is 1.74. The molecule has 0 saturated heterocycles. The number of carbonyl (C=O) groups is 1. The van der Waals surface area contributed by atoms with Gasteiger partial charge in [-0.3, -0.25) is 14.9 Å². The Morgan fingerprint density at radius 2 is 2.16 bits per heavy atom. The molecule has 1 aliphatic heterocycles. The molecule has 0 bridgehead atoms. The number of aromatic nitrogens is 1. The Hall–Kier alpha value is -2.74. The number of nitrogens with two attached hydrogens (primary N) is 1. The van der Waals surface area contributed by atoms with Gasteiger partial charge in [-0.1, -0.05) is 0 Å². The van der Waals surface area contributed by atoms with Crippen molar-refractivity contribution in [2.75, 3.05) is 5.73 Å². The van der Waals surface area contributed by atoms with E-state index in [0.29, 0.717) is 17.9 Å². The molecule has 1 aromatic heterocycles. The van der Waals surface area contributed by atoms with Gasteiger partial charge in [0.25, 0.3) is 11.6 Å². The normalized spacial score (nSPS) is 17.6. The number of nitrogens with zero attached hydrogens (tertiary/aromatic N) is 1. The first-order chi connectivity index (χ1) is 11.2. The number of nitrogens with one attached hydrogen (secondary N) is 2. The summed E-state index contributed by atoms with van der Waals surface area (Å²) in [5.74, 6) is 0.252. The lowest BCUT2D eigenvalue weighted by Crippen LogP contribution is -2.41. The number of aromatic amines is 1. The predicted molar refractivity (Wildman–Crippen MR) is 95.1 cm³/mol. The number of rotatable bonds is 3. The summed E-state index contributed by atoms with van der Waals surface area (Å²) in [7, 11) is 0. The van der Waals surface area contributed by atoms with E-state index in [0.717, 1.165) is 5.56 Å². The summed E-state index contributed by atoms with van der Waals surface area (Å²) in [4.78, 5) is 25.2. The number of ether oxygens (including phenoxy) is 1. The summed E-state index contributed by atoms with van der Waals surface area (Å²) in [6.45, 7) is 3.87. The van der Waals surface area contributed by atoms with Gasteiger partial charge >= 0.3 is 0 Å². The van der Waals surface area contributed by atoms with Crippen molar-refractivity contribution in [3.8, 4) is 5.75 Å². The number of nitrogen functional groups attached to an aromatic ring is 1. The summed E-state index contributed by atoms with van der Waals surface area (Å²) >= 11 is 0. The van der Waals surface area contributed by atoms with Crippen molar-refractivity contribution in [3.63, 3.8) is 0 Å². The first-order valence-electron chi connectivity index (χ1n) is 7.47. The number of nitro groups is 1. The van der Waals surface area contributed by atoms with Crippen LogP contribution >= 0.6 is 12.4 Å². The fourth-order valence-corrected chi connectivity index (χ4v) is 2.86. The lowest BCUT2D eigenvalue weighted by molar-refractivity contribution is -0.384. The lowest BCUT2D eigenvalue weighted by Gasteiger charge is -2.38. The number of carbonyl (C=O) groups excluding carboxylic acids is 1. The third kappa shape index (κ3) is 3.85. The smallest absolute Gasteiger partial charge is 0.287 e. The molecule has 2 aromatic rings. The molecule has 8 nitrogen and oxygen atoms in total. The SMILES string of the molecule is CC1(C)CC(NC(=O)c2cc([N+](=O)[O-])c[nH]2)c2cc(N)ccc2O1.Cl. The van der Waals surface area contributed by atoms with Crippen molar-refractivity contribution in [2.45, 2.75) is 31.9 Å². The highest BCUT2D eigenvalue weighted by Gasteiger charge is 2.35. The second-order valence-electron chi connectivity index (χ2n) is 6.42. The molecule has 3 rings (SSSR count). The van der Waals surface area contributed by atoms with E-state index < -0.39 is 16.4 Å². The van der Waals surface area contributed by atoms with Gasteiger partial charge in [0.2, 0.25) is 0 Å². The molecule has 1 unspecified atom stereocenters. The molecular weight excluding hydrogens is 348 g/mol. The lowest BCUT2D eigenvalue weighted by atomic mass is 9.89. The number of hydrogen-bond donors (Lipinski definition) is 3. The topological polar surface area (TPSA) is 123 Å². The van der Waals surface area contributed by atoms with Crippen molar-refractivity contribution in [1.82, 2.24) is 10.3 Å². The van der Waals surface area contributed by atoms with Gasteiger partial charge in [0.05, 0.1) is 17.2 Å². The van der Waals surface area contributed by atoms with E-state index in [4.69, 9.17) is 10.5 Å². The van der Waals surface area contributed by atoms with E-state index in [-0.39, 0.29) is 29.8 Å². The standard InChI is InChI=1S/C16H18N4O4.ClH/c1-16(2)7-13(11-5-9(17)3-4-14(11)24-16)19-15(21)12-6-10(8-18-12)20(22)23;/h3-6,8,13,18H,7,17H2,1-2H3,(H,19,21);1H. The van der Waals surface area contributed by atoms with Crippen molar-refractivity contribution < 1.29 is 14.5 Å². The van der Waals surface area contributed by atoms with Crippen molar-refractivity contribution >= 4 is 29.7 Å². The zero-order valence-corrected chi connectivity index (χ0v) is 14.6. The Morgan fingerprint density at radius 3 is 2.80 bits per heavy atom. The predicted octanol–water partition coefficient (Wildman–Crippen LogP) is 2.96. The van der Waals surface area contributed by atoms with Gasteiger partial charge in [-0.15, -0.1) is 12.4 Å². The second kappa shape index (κ2) is 6.64. The van der Waals surface area contributed by atoms with Crippen molar-refractivity contribution in [2.24, 2.45) is 0 Å². The van der Waals surface area contributed by atoms with Crippen LogP contribution in [0, 0.1) is 10.1 Å². The molecule has 4 N–H and O–H groups in total. The first kappa shape index (κ1) is 18.6. The molecule has 0 saturated carbocycles. The van der Waals surface area contributed by atoms with E-state index in [2.05, 4.69) is 10.3 Å². The van der Waals surface area contributed by atoms with Crippen LogP contribution in [0.25, 0.3) is 0 Å². The first-order valence-corrected chi connectivity index (χ1v) is 7.47. The van der Waals surface area contributed by atoms with E-state index in [9.17, 15) is 14.9 Å². The number of fused-ring (bicyclic) bond motifs is 1. The van der Waals surface area contributed by atoms with Crippen LogP contribution < -0.4 is 15.8 Å². The zero-order valence-electron chi connectivity index (χ0n) is 13.7. The molecule has 0 aliphatic carbocycles. The summed E-state index contributed by atoms with van der Waals surface area (Å²) in [5, 5.41) is 13.6. The number of halogens is 1. The molecule has 2 heterocycles. The summed E-state index contributed by atoms with van der Waals surface area (Å²) in [5.41, 5.74) is 6.74. The van der Waals surface area contributed by atoms with Gasteiger partial charge < -0.3 is 20.8 Å². The number of anilines is 1. The quantitative estimate of drug-likeness (QED) is 0.437. The highest BCUT2D eigenvalue weighted by molar-refractivity contribution is 5.93. The monoisotopic (exact) mass is 366 g/mol. The maximum Gasteiger partial charge on any atom is 0.287 e. The Balaban J connectivity index is 0.00000225. The molecule has 1 amide bonds. The van der Waals surface area contributed by atoms with Crippen LogP contribution in [-0.4, -0.2) is 21.4 Å². The molecule has 134 valence electrons.